The van der Waals surface area contributed by atoms with Gasteiger partial charge in [-0.25, -0.2) is 4.98 Å². The van der Waals surface area contributed by atoms with E-state index >= 15 is 0 Å². The second-order valence-electron chi connectivity index (χ2n) is 4.70. The average Bonchev–Trinajstić information content (AvgIpc) is 2.48. The smallest absolute Gasteiger partial charge is 0.0926 e. The van der Waals surface area contributed by atoms with Crippen molar-refractivity contribution in [2.45, 2.75) is 33.3 Å². The number of aromatic nitrogens is 2. The van der Waals surface area contributed by atoms with Gasteiger partial charge in [-0.15, -0.1) is 0 Å². The van der Waals surface area contributed by atoms with Crippen molar-refractivity contribution >= 4 is 0 Å². The highest BCUT2D eigenvalue weighted by Gasteiger charge is 2.32. The minimum atomic E-state index is 0.227. The lowest BCUT2D eigenvalue weighted by molar-refractivity contribution is 0.0562. The van der Waals surface area contributed by atoms with Crippen LogP contribution in [0.1, 0.15) is 38.1 Å². The zero-order valence-electron chi connectivity index (χ0n) is 8.42. The van der Waals surface area contributed by atoms with E-state index in [0.717, 1.165) is 12.3 Å². The van der Waals surface area contributed by atoms with E-state index in [0.29, 0.717) is 12.5 Å². The number of hydrogen-bond donors (Lipinski definition) is 1. The minimum absolute atomic E-state index is 0.227. The molecule has 0 saturated heterocycles. The van der Waals surface area contributed by atoms with Gasteiger partial charge in [-0.05, 0) is 5.41 Å². The Morgan fingerprint density at radius 3 is 3.00 bits per heavy atom. The molecule has 1 aliphatic heterocycles. The molecule has 0 radical (unpaired) electrons. The van der Waals surface area contributed by atoms with Crippen LogP contribution in [0.4, 0.5) is 0 Å². The molecule has 0 saturated carbocycles. The van der Waals surface area contributed by atoms with Gasteiger partial charge in [0.25, 0.3) is 0 Å². The lowest BCUT2D eigenvalue weighted by Crippen LogP contribution is -2.27. The van der Waals surface area contributed by atoms with Gasteiger partial charge in [-0.2, -0.15) is 0 Å². The van der Waals surface area contributed by atoms with Gasteiger partial charge in [0.15, 0.2) is 0 Å². The second-order valence-corrected chi connectivity index (χ2v) is 4.70. The molecule has 0 aromatic carbocycles. The van der Waals surface area contributed by atoms with Crippen molar-refractivity contribution in [1.29, 1.82) is 0 Å². The quantitative estimate of drug-likeness (QED) is 0.663. The van der Waals surface area contributed by atoms with Gasteiger partial charge in [-0.1, -0.05) is 20.8 Å². The molecular weight excluding hydrogens is 164 g/mol. The van der Waals surface area contributed by atoms with Crippen molar-refractivity contribution in [2.75, 3.05) is 6.61 Å². The van der Waals surface area contributed by atoms with Gasteiger partial charge in [0, 0.05) is 5.92 Å². The number of hydrogen-bond acceptors (Lipinski definition) is 2. The third kappa shape index (κ3) is 1.48. The summed E-state index contributed by atoms with van der Waals surface area (Å²) in [6.45, 7) is 8.16. The van der Waals surface area contributed by atoms with Crippen molar-refractivity contribution in [3.8, 4) is 0 Å². The van der Waals surface area contributed by atoms with Gasteiger partial charge in [0.2, 0.25) is 0 Å². The number of ether oxygens (including phenoxy) is 1. The largest absolute Gasteiger partial charge is 0.374 e. The summed E-state index contributed by atoms with van der Waals surface area (Å²) >= 11 is 0. The van der Waals surface area contributed by atoms with E-state index in [2.05, 4.69) is 30.7 Å². The predicted molar refractivity (Wildman–Crippen MR) is 50.4 cm³/mol. The number of fused-ring (bicyclic) bond motifs is 1. The van der Waals surface area contributed by atoms with Crippen LogP contribution >= 0.6 is 0 Å². The summed E-state index contributed by atoms with van der Waals surface area (Å²) in [5, 5.41) is 0. The van der Waals surface area contributed by atoms with Crippen molar-refractivity contribution < 1.29 is 4.74 Å². The van der Waals surface area contributed by atoms with E-state index in [9.17, 15) is 0 Å². The molecule has 1 aliphatic rings. The van der Waals surface area contributed by atoms with E-state index in [-0.39, 0.29) is 5.41 Å². The van der Waals surface area contributed by atoms with Crippen LogP contribution in [0.25, 0.3) is 0 Å². The molecule has 1 atom stereocenters. The normalized spacial score (nSPS) is 22.8. The number of imidazole rings is 1. The van der Waals surface area contributed by atoms with E-state index in [1.807, 2.05) is 0 Å². The molecule has 72 valence electrons. The second kappa shape index (κ2) is 2.84. The topological polar surface area (TPSA) is 37.9 Å². The van der Waals surface area contributed by atoms with Crippen LogP contribution in [0, 0.1) is 5.41 Å². The first kappa shape index (κ1) is 8.75. The summed E-state index contributed by atoms with van der Waals surface area (Å²) in [4.78, 5) is 7.49. The molecule has 0 amide bonds. The first-order chi connectivity index (χ1) is 6.09. The summed E-state index contributed by atoms with van der Waals surface area (Å²) in [5.74, 6) is 0.419. The van der Waals surface area contributed by atoms with E-state index in [4.69, 9.17) is 4.74 Å². The van der Waals surface area contributed by atoms with Crippen molar-refractivity contribution in [3.63, 3.8) is 0 Å². The molecule has 13 heavy (non-hydrogen) atoms. The van der Waals surface area contributed by atoms with Gasteiger partial charge in [-0.3, -0.25) is 0 Å². The van der Waals surface area contributed by atoms with Crippen LogP contribution in [-0.4, -0.2) is 16.6 Å². The maximum atomic E-state index is 5.52. The van der Waals surface area contributed by atoms with Gasteiger partial charge in [0.05, 0.1) is 30.9 Å². The Hall–Kier alpha value is -0.830. The first-order valence-electron chi connectivity index (χ1n) is 4.69. The Bertz CT molecular complexity index is 298. The SMILES string of the molecule is CC(C)(C)C1COCc2[nH]cnc21. The fourth-order valence-electron chi connectivity index (χ4n) is 1.77. The molecule has 0 fully saturated rings. The van der Waals surface area contributed by atoms with E-state index in [1.54, 1.807) is 6.33 Å². The fraction of sp³-hybridized carbons (Fsp3) is 0.700. The number of aromatic amines is 1. The molecule has 1 aromatic rings. The molecule has 0 aliphatic carbocycles. The molecular formula is C10H16N2O. The number of nitrogens with zero attached hydrogens (tertiary/aromatic N) is 1. The van der Waals surface area contributed by atoms with Gasteiger partial charge in [0.1, 0.15) is 0 Å². The monoisotopic (exact) mass is 180 g/mol. The average molecular weight is 180 g/mol. The summed E-state index contributed by atoms with van der Waals surface area (Å²) in [6, 6.07) is 0. The maximum Gasteiger partial charge on any atom is 0.0926 e. The zero-order chi connectivity index (χ0) is 9.47. The lowest BCUT2D eigenvalue weighted by Gasteiger charge is -2.32. The van der Waals surface area contributed by atoms with Gasteiger partial charge < -0.3 is 9.72 Å². The molecule has 0 bridgehead atoms. The standard InChI is InChI=1S/C10H16N2O/c1-10(2,3)7-4-13-5-8-9(7)12-6-11-8/h6-7H,4-5H2,1-3H3,(H,11,12). The Kier molecular flexibility index (Phi) is 1.91. The highest BCUT2D eigenvalue weighted by molar-refractivity contribution is 5.20. The Morgan fingerprint density at radius 2 is 2.31 bits per heavy atom. The molecule has 1 N–H and O–H groups in total. The Morgan fingerprint density at radius 1 is 1.54 bits per heavy atom. The van der Waals surface area contributed by atoms with Crippen LogP contribution in [0.15, 0.2) is 6.33 Å². The number of rotatable bonds is 0. The highest BCUT2D eigenvalue weighted by atomic mass is 16.5. The Balaban J connectivity index is 2.35. The molecule has 1 aromatic heterocycles. The number of H-pyrrole nitrogens is 1. The summed E-state index contributed by atoms with van der Waals surface area (Å²) in [5.41, 5.74) is 2.56. The predicted octanol–water partition coefficient (Wildman–Crippen LogP) is 2.07. The van der Waals surface area contributed by atoms with Crippen molar-refractivity contribution in [1.82, 2.24) is 9.97 Å². The van der Waals surface area contributed by atoms with Crippen LogP contribution < -0.4 is 0 Å². The highest BCUT2D eigenvalue weighted by Crippen LogP contribution is 2.37. The summed E-state index contributed by atoms with van der Waals surface area (Å²) in [7, 11) is 0. The number of nitrogens with one attached hydrogen (secondary N) is 1. The zero-order valence-corrected chi connectivity index (χ0v) is 8.42. The third-order valence-corrected chi connectivity index (χ3v) is 2.66. The Labute approximate surface area is 78.5 Å². The van der Waals surface area contributed by atoms with E-state index < -0.39 is 0 Å². The third-order valence-electron chi connectivity index (χ3n) is 2.66. The molecule has 2 heterocycles. The van der Waals surface area contributed by atoms with Crippen LogP contribution in [0.5, 0.6) is 0 Å². The molecule has 0 spiro atoms. The van der Waals surface area contributed by atoms with Crippen molar-refractivity contribution in [3.05, 3.63) is 17.7 Å². The molecule has 2 rings (SSSR count). The first-order valence-corrected chi connectivity index (χ1v) is 4.69. The van der Waals surface area contributed by atoms with E-state index in [1.165, 1.54) is 5.69 Å². The summed E-state index contributed by atoms with van der Waals surface area (Å²) < 4.78 is 5.52. The van der Waals surface area contributed by atoms with Crippen LogP contribution in [0.2, 0.25) is 0 Å². The maximum absolute atomic E-state index is 5.52. The van der Waals surface area contributed by atoms with Gasteiger partial charge >= 0.3 is 0 Å². The fourth-order valence-corrected chi connectivity index (χ4v) is 1.77. The molecule has 3 nitrogen and oxygen atoms in total. The summed E-state index contributed by atoms with van der Waals surface area (Å²) in [6.07, 6.45) is 1.76. The minimum Gasteiger partial charge on any atom is -0.374 e. The molecule has 1 unspecified atom stereocenters. The van der Waals surface area contributed by atoms with Crippen LogP contribution in [0.3, 0.4) is 0 Å². The van der Waals surface area contributed by atoms with Crippen LogP contribution in [-0.2, 0) is 11.3 Å². The lowest BCUT2D eigenvalue weighted by atomic mass is 9.78. The van der Waals surface area contributed by atoms with Crippen molar-refractivity contribution in [2.24, 2.45) is 5.41 Å². The molecule has 3 heteroatoms.